The molecule has 1 amide bonds. The molecule has 144 valence electrons. The van der Waals surface area contributed by atoms with Gasteiger partial charge in [0.1, 0.15) is 11.6 Å². The second-order valence-corrected chi connectivity index (χ2v) is 6.36. The minimum Gasteiger partial charge on any atom is -0.494 e. The fourth-order valence-electron chi connectivity index (χ4n) is 2.92. The molecule has 1 aliphatic heterocycles. The third-order valence-electron chi connectivity index (χ3n) is 4.12. The van der Waals surface area contributed by atoms with Gasteiger partial charge in [-0.1, -0.05) is 13.8 Å². The highest BCUT2D eigenvalue weighted by molar-refractivity contribution is 5.85. The molecule has 8 heteroatoms. The van der Waals surface area contributed by atoms with Gasteiger partial charge in [-0.25, -0.2) is 4.39 Å². The number of rotatable bonds is 5. The molecular weight excluding hydrogens is 368 g/mol. The first kappa shape index (κ1) is 23.8. The molecule has 0 radical (unpaired) electrons. The van der Waals surface area contributed by atoms with E-state index in [4.69, 9.17) is 10.5 Å². The summed E-state index contributed by atoms with van der Waals surface area (Å²) in [5.74, 6) is 0.614. The molecule has 2 rings (SSSR count). The molecule has 1 heterocycles. The van der Waals surface area contributed by atoms with E-state index in [2.05, 4.69) is 18.7 Å². The summed E-state index contributed by atoms with van der Waals surface area (Å²) in [5, 5.41) is 0. The number of hydrogen-bond donors (Lipinski definition) is 1. The molecule has 0 aliphatic carbocycles. The van der Waals surface area contributed by atoms with Crippen molar-refractivity contribution < 1.29 is 13.9 Å². The molecule has 0 saturated carbocycles. The minimum atomic E-state index is -0.429. The van der Waals surface area contributed by atoms with Gasteiger partial charge in [0.15, 0.2) is 0 Å². The summed E-state index contributed by atoms with van der Waals surface area (Å²) in [6.07, 6.45) is 0.699. The fourth-order valence-corrected chi connectivity index (χ4v) is 2.92. The standard InChI is InChI=1S/C17H26FN3O2.2ClH/c1-12(2)10-14(19)17(22)21-8-6-20(7-9-21)15-5-4-13(18)11-16(15)23-3;;/h4-5,11-12,14H,6-10,19H2,1-3H3;2*1H/t14-;;/m0../s1. The van der Waals surface area contributed by atoms with Gasteiger partial charge in [0.25, 0.3) is 0 Å². The molecule has 1 fully saturated rings. The molecule has 0 spiro atoms. The van der Waals surface area contributed by atoms with Gasteiger partial charge in [0.2, 0.25) is 5.91 Å². The summed E-state index contributed by atoms with van der Waals surface area (Å²) in [6.45, 7) is 6.72. The quantitative estimate of drug-likeness (QED) is 0.832. The normalized spacial score (nSPS) is 15.3. The average Bonchev–Trinajstić information content (AvgIpc) is 2.53. The molecule has 1 aromatic carbocycles. The average molecular weight is 396 g/mol. The monoisotopic (exact) mass is 395 g/mol. The Balaban J connectivity index is 0.00000288. The Kier molecular flexibility index (Phi) is 10.2. The van der Waals surface area contributed by atoms with Crippen LogP contribution in [0.1, 0.15) is 20.3 Å². The van der Waals surface area contributed by atoms with Crippen molar-refractivity contribution in [2.24, 2.45) is 11.7 Å². The van der Waals surface area contributed by atoms with E-state index in [1.165, 1.54) is 19.2 Å². The maximum absolute atomic E-state index is 13.3. The summed E-state index contributed by atoms with van der Waals surface area (Å²) in [7, 11) is 1.53. The number of nitrogens with zero attached hydrogens (tertiary/aromatic N) is 2. The number of nitrogens with two attached hydrogens (primary N) is 1. The molecule has 1 aromatic rings. The lowest BCUT2D eigenvalue weighted by Gasteiger charge is -2.37. The van der Waals surface area contributed by atoms with Gasteiger partial charge >= 0.3 is 0 Å². The summed E-state index contributed by atoms with van der Waals surface area (Å²) in [4.78, 5) is 16.3. The van der Waals surface area contributed by atoms with Gasteiger partial charge in [-0.3, -0.25) is 4.79 Å². The highest BCUT2D eigenvalue weighted by atomic mass is 35.5. The minimum absolute atomic E-state index is 0. The Morgan fingerprint density at radius 2 is 1.84 bits per heavy atom. The van der Waals surface area contributed by atoms with Gasteiger partial charge in [-0.05, 0) is 24.5 Å². The smallest absolute Gasteiger partial charge is 0.239 e. The number of benzene rings is 1. The number of anilines is 1. The zero-order valence-electron chi connectivity index (χ0n) is 14.9. The summed E-state index contributed by atoms with van der Waals surface area (Å²) >= 11 is 0. The van der Waals surface area contributed by atoms with Crippen molar-refractivity contribution in [2.45, 2.75) is 26.3 Å². The zero-order chi connectivity index (χ0) is 17.0. The van der Waals surface area contributed by atoms with E-state index in [1.807, 2.05) is 4.90 Å². The van der Waals surface area contributed by atoms with Crippen LogP contribution in [0.2, 0.25) is 0 Å². The predicted molar refractivity (Wildman–Crippen MR) is 104 cm³/mol. The van der Waals surface area contributed by atoms with Crippen LogP contribution in [0.15, 0.2) is 18.2 Å². The summed E-state index contributed by atoms with van der Waals surface area (Å²) in [5.41, 5.74) is 6.84. The number of amides is 1. The molecule has 5 nitrogen and oxygen atoms in total. The molecule has 25 heavy (non-hydrogen) atoms. The summed E-state index contributed by atoms with van der Waals surface area (Å²) in [6, 6.07) is 4.09. The molecule has 1 saturated heterocycles. The highest BCUT2D eigenvalue weighted by Crippen LogP contribution is 2.29. The lowest BCUT2D eigenvalue weighted by atomic mass is 10.0. The molecule has 2 N–H and O–H groups in total. The van der Waals surface area contributed by atoms with Gasteiger partial charge in [0.05, 0.1) is 18.8 Å². The van der Waals surface area contributed by atoms with Crippen molar-refractivity contribution in [3.05, 3.63) is 24.0 Å². The van der Waals surface area contributed by atoms with Gasteiger partial charge in [-0.2, -0.15) is 0 Å². The summed E-state index contributed by atoms with van der Waals surface area (Å²) < 4.78 is 18.6. The third kappa shape index (κ3) is 6.20. The lowest BCUT2D eigenvalue weighted by Crippen LogP contribution is -2.53. The number of piperazine rings is 1. The third-order valence-corrected chi connectivity index (χ3v) is 4.12. The van der Waals surface area contributed by atoms with E-state index < -0.39 is 6.04 Å². The van der Waals surface area contributed by atoms with E-state index >= 15 is 0 Å². The molecule has 1 aliphatic rings. The molecule has 0 aromatic heterocycles. The van der Waals surface area contributed by atoms with Crippen LogP contribution in [0.3, 0.4) is 0 Å². The van der Waals surface area contributed by atoms with Crippen LogP contribution in [0, 0.1) is 11.7 Å². The Labute approximate surface area is 161 Å². The Bertz CT molecular complexity index is 553. The van der Waals surface area contributed by atoms with Gasteiger partial charge in [0, 0.05) is 32.2 Å². The first-order chi connectivity index (χ1) is 10.9. The van der Waals surface area contributed by atoms with Crippen molar-refractivity contribution in [2.75, 3.05) is 38.2 Å². The maximum atomic E-state index is 13.3. The van der Waals surface area contributed by atoms with Crippen LogP contribution in [0.4, 0.5) is 10.1 Å². The lowest BCUT2D eigenvalue weighted by molar-refractivity contribution is -0.133. The van der Waals surface area contributed by atoms with E-state index in [9.17, 15) is 9.18 Å². The van der Waals surface area contributed by atoms with E-state index in [1.54, 1.807) is 6.07 Å². The number of carbonyl (C=O) groups is 1. The Hall–Kier alpha value is -1.24. The molecule has 0 unspecified atom stereocenters. The predicted octanol–water partition coefficient (Wildman–Crippen LogP) is 2.70. The maximum Gasteiger partial charge on any atom is 0.239 e. The largest absolute Gasteiger partial charge is 0.494 e. The van der Waals surface area contributed by atoms with Crippen molar-refractivity contribution >= 4 is 36.4 Å². The van der Waals surface area contributed by atoms with E-state index in [0.717, 1.165) is 5.69 Å². The molecule has 0 bridgehead atoms. The SMILES string of the molecule is COc1cc(F)ccc1N1CCN(C(=O)[C@@H](N)CC(C)C)CC1.Cl.Cl. The second kappa shape index (κ2) is 10.7. The van der Waals surface area contributed by atoms with Crippen LogP contribution in [-0.4, -0.2) is 50.1 Å². The Morgan fingerprint density at radius 3 is 2.36 bits per heavy atom. The van der Waals surface area contributed by atoms with Crippen LogP contribution in [0.25, 0.3) is 0 Å². The van der Waals surface area contributed by atoms with Crippen molar-refractivity contribution in [1.82, 2.24) is 4.90 Å². The first-order valence-electron chi connectivity index (χ1n) is 8.05. The van der Waals surface area contributed by atoms with E-state index in [-0.39, 0.29) is 36.5 Å². The van der Waals surface area contributed by atoms with Gasteiger partial charge in [-0.15, -0.1) is 24.8 Å². The number of halogens is 3. The number of ether oxygens (including phenoxy) is 1. The van der Waals surface area contributed by atoms with Crippen LogP contribution in [-0.2, 0) is 4.79 Å². The van der Waals surface area contributed by atoms with Crippen molar-refractivity contribution in [3.63, 3.8) is 0 Å². The van der Waals surface area contributed by atoms with Crippen LogP contribution >= 0.6 is 24.8 Å². The molecule has 1 atom stereocenters. The second-order valence-electron chi connectivity index (χ2n) is 6.36. The fraction of sp³-hybridized carbons (Fsp3) is 0.588. The zero-order valence-corrected chi connectivity index (χ0v) is 16.5. The van der Waals surface area contributed by atoms with E-state index in [0.29, 0.717) is 44.3 Å². The Morgan fingerprint density at radius 1 is 1.24 bits per heavy atom. The van der Waals surface area contributed by atoms with Crippen LogP contribution < -0.4 is 15.4 Å². The number of hydrogen-bond acceptors (Lipinski definition) is 4. The highest BCUT2D eigenvalue weighted by Gasteiger charge is 2.26. The van der Waals surface area contributed by atoms with Crippen molar-refractivity contribution in [3.8, 4) is 5.75 Å². The molecular formula is C17H28Cl2FN3O2. The number of methoxy groups -OCH3 is 1. The first-order valence-corrected chi connectivity index (χ1v) is 8.05. The van der Waals surface area contributed by atoms with Gasteiger partial charge < -0.3 is 20.3 Å². The van der Waals surface area contributed by atoms with Crippen LogP contribution in [0.5, 0.6) is 5.75 Å². The topological polar surface area (TPSA) is 58.8 Å². The number of carbonyl (C=O) groups excluding carboxylic acids is 1. The van der Waals surface area contributed by atoms with Crippen molar-refractivity contribution in [1.29, 1.82) is 0 Å².